The van der Waals surface area contributed by atoms with E-state index in [-0.39, 0.29) is 0 Å². The van der Waals surface area contributed by atoms with Gasteiger partial charge in [-0.05, 0) is 30.0 Å². The van der Waals surface area contributed by atoms with E-state index >= 15 is 0 Å². The monoisotopic (exact) mass is 227 g/mol. The molecule has 2 aromatic heterocycles. The maximum atomic E-state index is 5.39. The van der Waals surface area contributed by atoms with E-state index in [1.54, 1.807) is 6.92 Å². The second-order valence-electron chi connectivity index (χ2n) is 4.22. The maximum absolute atomic E-state index is 5.39. The molecule has 4 heteroatoms. The fraction of sp³-hybridized carbons (Fsp3) is 0.231. The van der Waals surface area contributed by atoms with Crippen LogP contribution >= 0.6 is 0 Å². The Balaban J connectivity index is 2.03. The third kappa shape index (κ3) is 1.82. The highest BCUT2D eigenvalue weighted by atomic mass is 16.4. The summed E-state index contributed by atoms with van der Waals surface area (Å²) >= 11 is 0. The standard InChI is InChI=1S/C13H13N3O/c1-9-3-4-11-5-6-16(12(11)7-9)8-13-15-14-10(2)17-13/h3-7H,8H2,1-2H3. The van der Waals surface area contributed by atoms with Crippen molar-refractivity contribution in [3.63, 3.8) is 0 Å². The molecule has 2 heterocycles. The first-order valence-electron chi connectivity index (χ1n) is 5.57. The number of rotatable bonds is 2. The molecule has 0 aliphatic heterocycles. The van der Waals surface area contributed by atoms with Crippen molar-refractivity contribution in [2.24, 2.45) is 0 Å². The number of hydrogen-bond donors (Lipinski definition) is 0. The van der Waals surface area contributed by atoms with Gasteiger partial charge in [-0.15, -0.1) is 10.2 Å². The molecule has 0 aliphatic rings. The molecule has 86 valence electrons. The van der Waals surface area contributed by atoms with E-state index in [4.69, 9.17) is 4.42 Å². The summed E-state index contributed by atoms with van der Waals surface area (Å²) in [7, 11) is 0. The van der Waals surface area contributed by atoms with Gasteiger partial charge in [-0.25, -0.2) is 0 Å². The van der Waals surface area contributed by atoms with Crippen LogP contribution in [-0.4, -0.2) is 14.8 Å². The quantitative estimate of drug-likeness (QED) is 0.676. The Hall–Kier alpha value is -2.10. The molecule has 0 aliphatic carbocycles. The minimum absolute atomic E-state index is 0.604. The summed E-state index contributed by atoms with van der Waals surface area (Å²) in [6, 6.07) is 8.50. The van der Waals surface area contributed by atoms with Gasteiger partial charge in [0.25, 0.3) is 0 Å². The normalized spacial score (nSPS) is 11.2. The lowest BCUT2D eigenvalue weighted by atomic mass is 10.2. The Morgan fingerprint density at radius 1 is 1.18 bits per heavy atom. The third-order valence-electron chi connectivity index (χ3n) is 2.80. The number of aryl methyl sites for hydroxylation is 2. The molecule has 0 unspecified atom stereocenters. The molecule has 4 nitrogen and oxygen atoms in total. The number of fused-ring (bicyclic) bond motifs is 1. The lowest BCUT2D eigenvalue weighted by Crippen LogP contribution is -1.98. The van der Waals surface area contributed by atoms with Crippen molar-refractivity contribution in [2.75, 3.05) is 0 Å². The van der Waals surface area contributed by atoms with Crippen molar-refractivity contribution < 1.29 is 4.42 Å². The largest absolute Gasteiger partial charge is 0.424 e. The van der Waals surface area contributed by atoms with E-state index in [1.807, 2.05) is 6.20 Å². The summed E-state index contributed by atoms with van der Waals surface area (Å²) in [5.74, 6) is 1.24. The zero-order valence-electron chi connectivity index (χ0n) is 9.84. The Bertz CT molecular complexity index is 666. The summed E-state index contributed by atoms with van der Waals surface area (Å²) in [5.41, 5.74) is 2.44. The van der Waals surface area contributed by atoms with Crippen molar-refractivity contribution in [3.05, 3.63) is 47.8 Å². The van der Waals surface area contributed by atoms with Crippen LogP contribution in [0.15, 0.2) is 34.9 Å². The molecule has 0 atom stereocenters. The summed E-state index contributed by atoms with van der Waals surface area (Å²) in [5, 5.41) is 9.08. The topological polar surface area (TPSA) is 43.9 Å². The van der Waals surface area contributed by atoms with E-state index < -0.39 is 0 Å². The van der Waals surface area contributed by atoms with Gasteiger partial charge in [0, 0.05) is 18.6 Å². The van der Waals surface area contributed by atoms with Gasteiger partial charge in [0.2, 0.25) is 11.8 Å². The minimum Gasteiger partial charge on any atom is -0.424 e. The molecule has 0 radical (unpaired) electrons. The van der Waals surface area contributed by atoms with Crippen LogP contribution in [0.1, 0.15) is 17.3 Å². The molecule has 17 heavy (non-hydrogen) atoms. The van der Waals surface area contributed by atoms with Gasteiger partial charge in [-0.1, -0.05) is 12.1 Å². The Labute approximate surface area is 98.9 Å². The fourth-order valence-corrected chi connectivity index (χ4v) is 1.98. The second-order valence-corrected chi connectivity index (χ2v) is 4.22. The van der Waals surface area contributed by atoms with E-state index in [9.17, 15) is 0 Å². The average Bonchev–Trinajstić information content (AvgIpc) is 2.87. The molecular formula is C13H13N3O. The smallest absolute Gasteiger partial charge is 0.236 e. The lowest BCUT2D eigenvalue weighted by molar-refractivity contribution is 0.457. The van der Waals surface area contributed by atoms with Gasteiger partial charge in [0.05, 0.1) is 0 Å². The van der Waals surface area contributed by atoms with Crippen LogP contribution in [0.5, 0.6) is 0 Å². The summed E-state index contributed by atoms with van der Waals surface area (Å²) < 4.78 is 7.51. The number of benzene rings is 1. The molecule has 0 amide bonds. The zero-order chi connectivity index (χ0) is 11.8. The summed E-state index contributed by atoms with van der Waals surface area (Å²) in [6.07, 6.45) is 2.05. The lowest BCUT2D eigenvalue weighted by Gasteiger charge is -2.02. The zero-order valence-corrected chi connectivity index (χ0v) is 9.84. The highest BCUT2D eigenvalue weighted by Crippen LogP contribution is 2.18. The first kappa shape index (κ1) is 10.1. The molecule has 0 saturated carbocycles. The molecule has 0 spiro atoms. The molecule has 1 aromatic carbocycles. The first-order valence-corrected chi connectivity index (χ1v) is 5.57. The van der Waals surface area contributed by atoms with Gasteiger partial charge in [0.15, 0.2) is 0 Å². The van der Waals surface area contributed by atoms with Crippen LogP contribution in [0, 0.1) is 13.8 Å². The fourth-order valence-electron chi connectivity index (χ4n) is 1.98. The molecular weight excluding hydrogens is 214 g/mol. The van der Waals surface area contributed by atoms with Crippen molar-refractivity contribution in [3.8, 4) is 0 Å². The average molecular weight is 227 g/mol. The van der Waals surface area contributed by atoms with Crippen molar-refractivity contribution in [2.45, 2.75) is 20.4 Å². The van der Waals surface area contributed by atoms with Crippen LogP contribution < -0.4 is 0 Å². The minimum atomic E-state index is 0.604. The molecule has 0 saturated heterocycles. The van der Waals surface area contributed by atoms with E-state index in [0.29, 0.717) is 18.3 Å². The van der Waals surface area contributed by atoms with E-state index in [2.05, 4.69) is 46.0 Å². The van der Waals surface area contributed by atoms with Crippen LogP contribution in [-0.2, 0) is 6.54 Å². The van der Waals surface area contributed by atoms with Gasteiger partial charge in [-0.3, -0.25) is 0 Å². The van der Waals surface area contributed by atoms with E-state index in [1.165, 1.54) is 16.5 Å². The van der Waals surface area contributed by atoms with Gasteiger partial charge in [-0.2, -0.15) is 0 Å². The van der Waals surface area contributed by atoms with Crippen LogP contribution in [0.2, 0.25) is 0 Å². The Morgan fingerprint density at radius 3 is 2.82 bits per heavy atom. The SMILES string of the molecule is Cc1ccc2ccn(Cc3nnc(C)o3)c2c1. The Kier molecular flexibility index (Phi) is 2.21. The summed E-state index contributed by atoms with van der Waals surface area (Å²) in [4.78, 5) is 0. The van der Waals surface area contributed by atoms with Gasteiger partial charge in [0.1, 0.15) is 6.54 Å². The molecule has 0 N–H and O–H groups in total. The number of nitrogens with zero attached hydrogens (tertiary/aromatic N) is 3. The maximum Gasteiger partial charge on any atom is 0.236 e. The predicted octanol–water partition coefficient (Wildman–Crippen LogP) is 2.69. The van der Waals surface area contributed by atoms with E-state index in [0.717, 1.165) is 0 Å². The van der Waals surface area contributed by atoms with Gasteiger partial charge >= 0.3 is 0 Å². The molecule has 0 bridgehead atoms. The summed E-state index contributed by atoms with van der Waals surface area (Å²) in [6.45, 7) is 4.51. The number of aromatic nitrogens is 3. The van der Waals surface area contributed by atoms with Crippen molar-refractivity contribution >= 4 is 10.9 Å². The third-order valence-corrected chi connectivity index (χ3v) is 2.80. The first-order chi connectivity index (χ1) is 8.22. The van der Waals surface area contributed by atoms with Crippen LogP contribution in [0.25, 0.3) is 10.9 Å². The van der Waals surface area contributed by atoms with Crippen molar-refractivity contribution in [1.29, 1.82) is 0 Å². The van der Waals surface area contributed by atoms with Crippen LogP contribution in [0.4, 0.5) is 0 Å². The highest BCUT2D eigenvalue weighted by molar-refractivity contribution is 5.80. The molecule has 3 aromatic rings. The molecule has 3 rings (SSSR count). The van der Waals surface area contributed by atoms with Crippen LogP contribution in [0.3, 0.4) is 0 Å². The predicted molar refractivity (Wildman–Crippen MR) is 64.8 cm³/mol. The Morgan fingerprint density at radius 2 is 2.06 bits per heavy atom. The highest BCUT2D eigenvalue weighted by Gasteiger charge is 2.06. The number of hydrogen-bond acceptors (Lipinski definition) is 3. The van der Waals surface area contributed by atoms with Crippen molar-refractivity contribution in [1.82, 2.24) is 14.8 Å². The van der Waals surface area contributed by atoms with Gasteiger partial charge < -0.3 is 8.98 Å². The second kappa shape index (κ2) is 3.73. The molecule has 0 fully saturated rings.